The van der Waals surface area contributed by atoms with Crippen LogP contribution in [0.3, 0.4) is 0 Å². The molecule has 6 heteroatoms. The molecule has 0 saturated carbocycles. The van der Waals surface area contributed by atoms with Crippen LogP contribution in [0.25, 0.3) is 0 Å². The van der Waals surface area contributed by atoms with Crippen molar-refractivity contribution in [3.05, 3.63) is 41.2 Å². The maximum Gasteiger partial charge on any atom is 0.349 e. The third-order valence-corrected chi connectivity index (χ3v) is 2.62. The fraction of sp³-hybridized carbons (Fsp3) is 0.100. The first-order valence-corrected chi connectivity index (χ1v) is 5.45. The SMILES string of the molecule is CN(C(=O)N=c1cn[nH]s1)c1ccccc1. The quantitative estimate of drug-likeness (QED) is 0.815. The molecule has 5 nitrogen and oxygen atoms in total. The molecule has 1 heterocycles. The van der Waals surface area contributed by atoms with E-state index in [9.17, 15) is 4.79 Å². The summed E-state index contributed by atoms with van der Waals surface area (Å²) >= 11 is 1.21. The molecule has 0 aliphatic carbocycles. The van der Waals surface area contributed by atoms with Crippen molar-refractivity contribution in [2.24, 2.45) is 4.99 Å². The molecule has 2 rings (SSSR count). The molecule has 0 aliphatic heterocycles. The van der Waals surface area contributed by atoms with Crippen LogP contribution in [-0.2, 0) is 0 Å². The molecule has 0 saturated heterocycles. The molecule has 2 amide bonds. The highest BCUT2D eigenvalue weighted by Crippen LogP contribution is 2.11. The van der Waals surface area contributed by atoms with Crippen molar-refractivity contribution in [2.45, 2.75) is 0 Å². The van der Waals surface area contributed by atoms with Crippen molar-refractivity contribution in [3.8, 4) is 0 Å². The standard InChI is InChI=1S/C10H10N4OS/c1-14(8-5-3-2-4-6-8)10(15)12-9-7-11-13-16-9/h2-7,13H,1H3. The molecule has 0 atom stereocenters. The van der Waals surface area contributed by atoms with Gasteiger partial charge in [0.05, 0.1) is 6.20 Å². The summed E-state index contributed by atoms with van der Waals surface area (Å²) in [7, 11) is 1.69. The fourth-order valence-electron chi connectivity index (χ4n) is 1.16. The molecule has 1 aromatic heterocycles. The van der Waals surface area contributed by atoms with Crippen LogP contribution in [0, 0.1) is 0 Å². The van der Waals surface area contributed by atoms with Gasteiger partial charge in [0.15, 0.2) is 4.67 Å². The molecule has 82 valence electrons. The highest BCUT2D eigenvalue weighted by Gasteiger charge is 2.08. The average molecular weight is 234 g/mol. The second-order valence-corrected chi connectivity index (χ2v) is 3.88. The zero-order valence-electron chi connectivity index (χ0n) is 8.62. The fourth-order valence-corrected chi connectivity index (χ4v) is 1.59. The van der Waals surface area contributed by atoms with Crippen LogP contribution in [0.1, 0.15) is 0 Å². The van der Waals surface area contributed by atoms with E-state index in [4.69, 9.17) is 0 Å². The van der Waals surface area contributed by atoms with E-state index in [1.54, 1.807) is 7.05 Å². The van der Waals surface area contributed by atoms with Crippen molar-refractivity contribution in [3.63, 3.8) is 0 Å². The van der Waals surface area contributed by atoms with Crippen LogP contribution in [0.2, 0.25) is 0 Å². The van der Waals surface area contributed by atoms with Gasteiger partial charge in [-0.25, -0.2) is 9.28 Å². The molecule has 0 bridgehead atoms. The first-order chi connectivity index (χ1) is 7.77. The topological polar surface area (TPSA) is 61.4 Å². The molecule has 0 aliphatic rings. The molecule has 16 heavy (non-hydrogen) atoms. The van der Waals surface area contributed by atoms with Gasteiger partial charge in [-0.15, -0.1) is 0 Å². The van der Waals surface area contributed by atoms with Gasteiger partial charge in [0, 0.05) is 12.7 Å². The van der Waals surface area contributed by atoms with Gasteiger partial charge < -0.3 is 0 Å². The molecular formula is C10H10N4OS. The molecule has 0 unspecified atom stereocenters. The smallest absolute Gasteiger partial charge is 0.296 e. The summed E-state index contributed by atoms with van der Waals surface area (Å²) in [6.45, 7) is 0. The lowest BCUT2D eigenvalue weighted by Crippen LogP contribution is -2.24. The van der Waals surface area contributed by atoms with Gasteiger partial charge in [-0.3, -0.25) is 4.90 Å². The monoisotopic (exact) mass is 234 g/mol. The summed E-state index contributed by atoms with van der Waals surface area (Å²) in [4.78, 5) is 17.1. The third-order valence-electron chi connectivity index (χ3n) is 2.01. The second kappa shape index (κ2) is 4.71. The van der Waals surface area contributed by atoms with Crippen molar-refractivity contribution in [1.29, 1.82) is 0 Å². The zero-order valence-corrected chi connectivity index (χ0v) is 9.44. The van der Waals surface area contributed by atoms with Gasteiger partial charge >= 0.3 is 6.03 Å². The van der Waals surface area contributed by atoms with E-state index < -0.39 is 0 Å². The van der Waals surface area contributed by atoms with E-state index in [1.165, 1.54) is 22.6 Å². The Morgan fingerprint density at radius 3 is 2.81 bits per heavy atom. The van der Waals surface area contributed by atoms with Crippen LogP contribution in [0.4, 0.5) is 10.5 Å². The number of anilines is 1. The predicted octanol–water partition coefficient (Wildman–Crippen LogP) is 1.63. The molecule has 0 fully saturated rings. The van der Waals surface area contributed by atoms with Gasteiger partial charge in [-0.05, 0) is 23.7 Å². The van der Waals surface area contributed by atoms with E-state index in [-0.39, 0.29) is 6.03 Å². The number of rotatable bonds is 1. The minimum Gasteiger partial charge on any atom is -0.296 e. The van der Waals surface area contributed by atoms with Crippen LogP contribution in [0.5, 0.6) is 0 Å². The molecular weight excluding hydrogens is 224 g/mol. The van der Waals surface area contributed by atoms with E-state index in [1.807, 2.05) is 30.3 Å². The summed E-state index contributed by atoms with van der Waals surface area (Å²) in [5.41, 5.74) is 0.810. The number of para-hydroxylation sites is 1. The van der Waals surface area contributed by atoms with Crippen molar-refractivity contribution in [1.82, 2.24) is 9.59 Å². The highest BCUT2D eigenvalue weighted by atomic mass is 32.1. The number of nitrogens with zero attached hydrogens (tertiary/aromatic N) is 3. The number of hydrogen-bond donors (Lipinski definition) is 1. The Balaban J connectivity index is 2.21. The minimum absolute atomic E-state index is 0.316. The number of aromatic amines is 1. The lowest BCUT2D eigenvalue weighted by Gasteiger charge is -2.13. The van der Waals surface area contributed by atoms with E-state index in [0.29, 0.717) is 4.67 Å². The number of carbonyl (C=O) groups is 1. The summed E-state index contributed by atoms with van der Waals surface area (Å²) < 4.78 is 3.20. The van der Waals surface area contributed by atoms with Gasteiger partial charge in [0.1, 0.15) is 0 Å². The highest BCUT2D eigenvalue weighted by molar-refractivity contribution is 7.02. The Kier molecular flexibility index (Phi) is 3.11. The van der Waals surface area contributed by atoms with Gasteiger partial charge in [0.25, 0.3) is 0 Å². The Bertz CT molecular complexity index is 514. The van der Waals surface area contributed by atoms with Crippen LogP contribution < -0.4 is 9.57 Å². The van der Waals surface area contributed by atoms with Crippen molar-refractivity contribution >= 4 is 23.3 Å². The summed E-state index contributed by atoms with van der Waals surface area (Å²) in [6, 6.07) is 9.04. The normalized spacial score (nSPS) is 11.4. The molecule has 1 aromatic carbocycles. The average Bonchev–Trinajstić information content (AvgIpc) is 2.82. The Hall–Kier alpha value is -1.95. The summed E-state index contributed by atoms with van der Waals surface area (Å²) in [5.74, 6) is 0. The maximum atomic E-state index is 11.7. The van der Waals surface area contributed by atoms with Crippen molar-refractivity contribution < 1.29 is 4.79 Å². The zero-order chi connectivity index (χ0) is 11.4. The number of carbonyl (C=O) groups excluding carboxylic acids is 1. The first kappa shape index (κ1) is 10.6. The predicted molar refractivity (Wildman–Crippen MR) is 62.3 cm³/mol. The van der Waals surface area contributed by atoms with E-state index >= 15 is 0 Å². The molecule has 0 spiro atoms. The Morgan fingerprint density at radius 1 is 1.44 bits per heavy atom. The van der Waals surface area contributed by atoms with Crippen LogP contribution in [0.15, 0.2) is 41.5 Å². The largest absolute Gasteiger partial charge is 0.349 e. The molecule has 1 N–H and O–H groups in total. The number of amides is 2. The van der Waals surface area contributed by atoms with Crippen molar-refractivity contribution in [2.75, 3.05) is 11.9 Å². The van der Waals surface area contributed by atoms with Gasteiger partial charge in [0.2, 0.25) is 0 Å². The second-order valence-electron chi connectivity index (χ2n) is 3.08. The maximum absolute atomic E-state index is 11.7. The number of aromatic nitrogens is 2. The number of benzene rings is 1. The Labute approximate surface area is 96.2 Å². The number of H-pyrrole nitrogens is 1. The summed E-state index contributed by atoms with van der Waals surface area (Å²) in [5, 5.41) is 3.74. The molecule has 0 radical (unpaired) electrons. The number of nitrogens with one attached hydrogen (secondary N) is 1. The van der Waals surface area contributed by atoms with Gasteiger partial charge in [-0.1, -0.05) is 18.2 Å². The van der Waals surface area contributed by atoms with Crippen LogP contribution in [-0.4, -0.2) is 22.7 Å². The summed E-state index contributed by atoms with van der Waals surface area (Å²) in [6.07, 6.45) is 1.52. The van der Waals surface area contributed by atoms with E-state index in [2.05, 4.69) is 14.6 Å². The minimum atomic E-state index is -0.316. The lowest BCUT2D eigenvalue weighted by atomic mass is 10.3. The van der Waals surface area contributed by atoms with Gasteiger partial charge in [-0.2, -0.15) is 10.1 Å². The Morgan fingerprint density at radius 2 is 2.19 bits per heavy atom. The number of hydrogen-bond acceptors (Lipinski definition) is 3. The lowest BCUT2D eigenvalue weighted by molar-refractivity contribution is 0.255. The van der Waals surface area contributed by atoms with E-state index in [0.717, 1.165) is 5.69 Å². The van der Waals surface area contributed by atoms with Crippen LogP contribution >= 0.6 is 11.5 Å². The third kappa shape index (κ3) is 2.34. The number of urea groups is 1. The first-order valence-electron chi connectivity index (χ1n) is 4.64. The molecule has 2 aromatic rings.